The minimum atomic E-state index is -3.32. The molecule has 0 atom stereocenters. The molecule has 0 aromatic heterocycles. The molecule has 0 spiro atoms. The fourth-order valence-electron chi connectivity index (χ4n) is 2.75. The number of ether oxygens (including phenoxy) is 1. The Hall–Kier alpha value is -1.35. The Kier molecular flexibility index (Phi) is 8.64. The molecular formula is C16H31N3O5S. The standard InChI is InChI=1S/C16H31N3O5S/c1-5-24-16(21)18-9-6-14(7-10-18)17-15(20)8-11-19(12-13(2)3)25(4,22)23/h13-14H,5-12H2,1-4H3,(H,17,20). The first-order valence-electron chi connectivity index (χ1n) is 8.79. The van der Waals surface area contributed by atoms with Gasteiger partial charge < -0.3 is 15.0 Å². The van der Waals surface area contributed by atoms with E-state index in [-0.39, 0.29) is 36.9 Å². The topological polar surface area (TPSA) is 96.0 Å². The van der Waals surface area contributed by atoms with Crippen LogP contribution in [0.1, 0.15) is 40.0 Å². The summed E-state index contributed by atoms with van der Waals surface area (Å²) >= 11 is 0. The summed E-state index contributed by atoms with van der Waals surface area (Å²) in [5.41, 5.74) is 0. The summed E-state index contributed by atoms with van der Waals surface area (Å²) in [6, 6.07) is 0.00922. The molecule has 25 heavy (non-hydrogen) atoms. The van der Waals surface area contributed by atoms with Crippen molar-refractivity contribution < 1.29 is 22.7 Å². The molecule has 1 N–H and O–H groups in total. The van der Waals surface area contributed by atoms with Crippen molar-refractivity contribution in [2.45, 2.75) is 46.1 Å². The minimum Gasteiger partial charge on any atom is -0.450 e. The van der Waals surface area contributed by atoms with Crippen molar-refractivity contribution in [3.8, 4) is 0 Å². The predicted molar refractivity (Wildman–Crippen MR) is 95.6 cm³/mol. The average Bonchev–Trinajstić information content (AvgIpc) is 2.51. The summed E-state index contributed by atoms with van der Waals surface area (Å²) in [7, 11) is -3.32. The zero-order chi connectivity index (χ0) is 19.0. The van der Waals surface area contributed by atoms with Crippen LogP contribution in [0.3, 0.4) is 0 Å². The van der Waals surface area contributed by atoms with Gasteiger partial charge in [-0.3, -0.25) is 4.79 Å². The van der Waals surface area contributed by atoms with Gasteiger partial charge in [0.1, 0.15) is 0 Å². The lowest BCUT2D eigenvalue weighted by Gasteiger charge is -2.31. The molecule has 2 amide bonds. The molecule has 0 saturated carbocycles. The zero-order valence-electron chi connectivity index (χ0n) is 15.7. The summed E-state index contributed by atoms with van der Waals surface area (Å²) in [4.78, 5) is 25.4. The van der Waals surface area contributed by atoms with Gasteiger partial charge in [-0.15, -0.1) is 0 Å². The molecule has 0 unspecified atom stereocenters. The lowest BCUT2D eigenvalue weighted by molar-refractivity contribution is -0.122. The monoisotopic (exact) mass is 377 g/mol. The van der Waals surface area contributed by atoms with Crippen LogP contribution >= 0.6 is 0 Å². The van der Waals surface area contributed by atoms with E-state index in [9.17, 15) is 18.0 Å². The molecular weight excluding hydrogens is 346 g/mol. The highest BCUT2D eigenvalue weighted by Crippen LogP contribution is 2.12. The number of rotatable bonds is 8. The van der Waals surface area contributed by atoms with Crippen molar-refractivity contribution in [3.05, 3.63) is 0 Å². The third kappa shape index (κ3) is 8.04. The Labute approximate surface area is 150 Å². The first-order valence-corrected chi connectivity index (χ1v) is 10.6. The molecule has 1 saturated heterocycles. The average molecular weight is 378 g/mol. The fraction of sp³-hybridized carbons (Fsp3) is 0.875. The molecule has 0 aromatic carbocycles. The predicted octanol–water partition coefficient (Wildman–Crippen LogP) is 1.03. The van der Waals surface area contributed by atoms with Gasteiger partial charge in [-0.05, 0) is 25.7 Å². The molecule has 1 aliphatic rings. The number of hydrogen-bond acceptors (Lipinski definition) is 5. The third-order valence-electron chi connectivity index (χ3n) is 4.01. The first kappa shape index (κ1) is 21.7. The van der Waals surface area contributed by atoms with Crippen LogP contribution in [-0.2, 0) is 19.6 Å². The van der Waals surface area contributed by atoms with E-state index in [1.807, 2.05) is 13.8 Å². The van der Waals surface area contributed by atoms with Crippen molar-refractivity contribution in [2.75, 3.05) is 39.0 Å². The number of hydrogen-bond donors (Lipinski definition) is 1. The van der Waals surface area contributed by atoms with Crippen molar-refractivity contribution >= 4 is 22.0 Å². The van der Waals surface area contributed by atoms with E-state index in [1.165, 1.54) is 10.6 Å². The first-order chi connectivity index (χ1) is 11.6. The van der Waals surface area contributed by atoms with Gasteiger partial charge in [0.05, 0.1) is 12.9 Å². The second-order valence-electron chi connectivity index (χ2n) is 6.79. The quantitative estimate of drug-likeness (QED) is 0.682. The van der Waals surface area contributed by atoms with Gasteiger partial charge in [-0.1, -0.05) is 13.8 Å². The van der Waals surface area contributed by atoms with E-state index < -0.39 is 10.0 Å². The minimum absolute atomic E-state index is 0.00922. The van der Waals surface area contributed by atoms with E-state index in [1.54, 1.807) is 11.8 Å². The molecule has 0 aliphatic carbocycles. The van der Waals surface area contributed by atoms with Gasteiger partial charge >= 0.3 is 6.09 Å². The van der Waals surface area contributed by atoms with Crippen molar-refractivity contribution in [2.24, 2.45) is 5.92 Å². The maximum Gasteiger partial charge on any atom is 0.409 e. The second-order valence-corrected chi connectivity index (χ2v) is 8.78. The Morgan fingerprint density at radius 3 is 2.36 bits per heavy atom. The van der Waals surface area contributed by atoms with Gasteiger partial charge in [0.2, 0.25) is 15.9 Å². The Morgan fingerprint density at radius 2 is 1.88 bits per heavy atom. The number of nitrogens with zero attached hydrogens (tertiary/aromatic N) is 2. The highest BCUT2D eigenvalue weighted by molar-refractivity contribution is 7.88. The van der Waals surface area contributed by atoms with E-state index in [2.05, 4.69) is 5.32 Å². The highest BCUT2D eigenvalue weighted by atomic mass is 32.2. The SMILES string of the molecule is CCOC(=O)N1CCC(NC(=O)CCN(CC(C)C)S(C)(=O)=O)CC1. The summed E-state index contributed by atoms with van der Waals surface area (Å²) in [6.07, 6.45) is 2.33. The number of carbonyl (C=O) groups is 2. The summed E-state index contributed by atoms with van der Waals surface area (Å²) in [5.74, 6) is 0.0389. The van der Waals surface area contributed by atoms with E-state index in [0.717, 1.165) is 0 Å². The fourth-order valence-corrected chi connectivity index (χ4v) is 3.74. The van der Waals surface area contributed by atoms with Gasteiger partial charge in [-0.25, -0.2) is 17.5 Å². The Morgan fingerprint density at radius 1 is 1.28 bits per heavy atom. The lowest BCUT2D eigenvalue weighted by Crippen LogP contribution is -2.47. The molecule has 9 heteroatoms. The van der Waals surface area contributed by atoms with Gasteiger partial charge in [0.25, 0.3) is 0 Å². The van der Waals surface area contributed by atoms with Crippen LogP contribution in [0.15, 0.2) is 0 Å². The number of nitrogens with one attached hydrogen (secondary N) is 1. The smallest absolute Gasteiger partial charge is 0.409 e. The van der Waals surface area contributed by atoms with Crippen LogP contribution in [0.25, 0.3) is 0 Å². The van der Waals surface area contributed by atoms with Crippen LogP contribution in [-0.4, -0.2) is 74.7 Å². The van der Waals surface area contributed by atoms with Crippen molar-refractivity contribution in [3.63, 3.8) is 0 Å². The van der Waals surface area contributed by atoms with Crippen molar-refractivity contribution in [1.29, 1.82) is 0 Å². The number of piperidine rings is 1. The van der Waals surface area contributed by atoms with Crippen molar-refractivity contribution in [1.82, 2.24) is 14.5 Å². The largest absolute Gasteiger partial charge is 0.450 e. The summed E-state index contributed by atoms with van der Waals surface area (Å²) in [5, 5.41) is 2.93. The van der Waals surface area contributed by atoms with Crippen LogP contribution in [0.4, 0.5) is 4.79 Å². The molecule has 1 rings (SSSR count). The summed E-state index contributed by atoms with van der Waals surface area (Å²) < 4.78 is 29.8. The van der Waals surface area contributed by atoms with Crippen LogP contribution in [0.2, 0.25) is 0 Å². The highest BCUT2D eigenvalue weighted by Gasteiger charge is 2.25. The van der Waals surface area contributed by atoms with Gasteiger partial charge in [-0.2, -0.15) is 0 Å². The molecule has 0 bridgehead atoms. The molecule has 0 radical (unpaired) electrons. The zero-order valence-corrected chi connectivity index (χ0v) is 16.5. The Balaban J connectivity index is 2.39. The lowest BCUT2D eigenvalue weighted by atomic mass is 10.1. The number of sulfonamides is 1. The van der Waals surface area contributed by atoms with E-state index in [4.69, 9.17) is 4.74 Å². The number of carbonyl (C=O) groups excluding carboxylic acids is 2. The second kappa shape index (κ2) is 9.96. The maximum atomic E-state index is 12.1. The molecule has 0 aromatic rings. The molecule has 1 aliphatic heterocycles. The van der Waals surface area contributed by atoms with Crippen LogP contribution < -0.4 is 5.32 Å². The normalized spacial score (nSPS) is 16.3. The molecule has 8 nitrogen and oxygen atoms in total. The van der Waals surface area contributed by atoms with Crippen LogP contribution in [0.5, 0.6) is 0 Å². The summed E-state index contributed by atoms with van der Waals surface area (Å²) in [6.45, 7) is 7.69. The molecule has 146 valence electrons. The third-order valence-corrected chi connectivity index (χ3v) is 5.28. The molecule has 1 heterocycles. The van der Waals surface area contributed by atoms with E-state index >= 15 is 0 Å². The number of likely N-dealkylation sites (tertiary alicyclic amines) is 1. The van der Waals surface area contributed by atoms with Gasteiger partial charge in [0.15, 0.2) is 0 Å². The Bertz CT molecular complexity index is 542. The maximum absolute atomic E-state index is 12.1. The number of amides is 2. The van der Waals surface area contributed by atoms with E-state index in [0.29, 0.717) is 39.1 Å². The van der Waals surface area contributed by atoms with Gasteiger partial charge in [0, 0.05) is 38.6 Å². The van der Waals surface area contributed by atoms with Crippen LogP contribution in [0, 0.1) is 5.92 Å². The molecule has 1 fully saturated rings.